The van der Waals surface area contributed by atoms with Gasteiger partial charge in [-0.1, -0.05) is 26.7 Å². The lowest BCUT2D eigenvalue weighted by atomic mass is 9.79. The van der Waals surface area contributed by atoms with Gasteiger partial charge in [0, 0.05) is 46.6 Å². The van der Waals surface area contributed by atoms with Crippen LogP contribution >= 0.6 is 0 Å². The number of hydrogen-bond donors (Lipinski definition) is 1. The molecule has 0 heterocycles. The predicted octanol–water partition coefficient (Wildman–Crippen LogP) is 3.60. The van der Waals surface area contributed by atoms with E-state index in [-0.39, 0.29) is 42.3 Å². The van der Waals surface area contributed by atoms with Crippen LogP contribution in [0.1, 0.15) is 66.2 Å². The maximum atomic E-state index is 11.5. The molecule has 164 valence electrons. The molecule has 1 aliphatic carbocycles. The molecule has 1 rings (SSSR count). The standard InChI is InChI=1S/C21H40N2O5/c1-7-9-11-25-19-14-17(28-21(22)23(5)6)13-18(15(3)27-16(4)24)20(19)26-12-10-8-2/h15,17-20,22H,7-14H2,1-6H3/t15?,17-,18+,19+,20?/m0/s1. The number of esters is 1. The van der Waals surface area contributed by atoms with Crippen molar-refractivity contribution < 1.29 is 23.7 Å². The van der Waals surface area contributed by atoms with E-state index in [1.165, 1.54) is 6.92 Å². The summed E-state index contributed by atoms with van der Waals surface area (Å²) in [6.07, 6.45) is 4.66. The minimum Gasteiger partial charge on any atom is -0.462 e. The van der Waals surface area contributed by atoms with Gasteiger partial charge < -0.3 is 23.8 Å². The molecule has 0 aromatic heterocycles. The van der Waals surface area contributed by atoms with Crippen molar-refractivity contribution in [2.75, 3.05) is 27.3 Å². The molecular formula is C21H40N2O5. The highest BCUT2D eigenvalue weighted by Gasteiger charge is 2.44. The molecule has 28 heavy (non-hydrogen) atoms. The average Bonchev–Trinajstić information content (AvgIpc) is 2.62. The Morgan fingerprint density at radius 2 is 1.71 bits per heavy atom. The van der Waals surface area contributed by atoms with Crippen LogP contribution in [-0.2, 0) is 23.7 Å². The van der Waals surface area contributed by atoms with E-state index in [0.717, 1.165) is 25.7 Å². The summed E-state index contributed by atoms with van der Waals surface area (Å²) in [7, 11) is 3.58. The second-order valence-corrected chi connectivity index (χ2v) is 7.84. The Hall–Kier alpha value is -1.34. The highest BCUT2D eigenvalue weighted by molar-refractivity contribution is 5.69. The van der Waals surface area contributed by atoms with E-state index >= 15 is 0 Å². The first-order valence-electron chi connectivity index (χ1n) is 10.6. The minimum atomic E-state index is -0.304. The lowest BCUT2D eigenvalue weighted by Gasteiger charge is -2.43. The zero-order chi connectivity index (χ0) is 21.1. The number of nitrogens with zero attached hydrogens (tertiary/aromatic N) is 1. The third-order valence-electron chi connectivity index (χ3n) is 5.10. The van der Waals surface area contributed by atoms with Crippen LogP contribution in [0.2, 0.25) is 0 Å². The molecule has 0 bridgehead atoms. The molecule has 0 aromatic carbocycles. The lowest BCUT2D eigenvalue weighted by molar-refractivity contribution is -0.175. The molecule has 0 aromatic rings. The van der Waals surface area contributed by atoms with Crippen LogP contribution in [0, 0.1) is 11.3 Å². The first kappa shape index (κ1) is 24.7. The molecule has 1 N–H and O–H groups in total. The van der Waals surface area contributed by atoms with Crippen molar-refractivity contribution in [3.8, 4) is 0 Å². The SMILES string of the molecule is CCCCOC1[C@@H](C(C)OC(C)=O)C[C@H](OC(=N)N(C)C)C[C@H]1OCCCC. The van der Waals surface area contributed by atoms with Gasteiger partial charge in [0.05, 0.1) is 12.2 Å². The van der Waals surface area contributed by atoms with Gasteiger partial charge in [0.15, 0.2) is 0 Å². The van der Waals surface area contributed by atoms with Crippen LogP contribution in [0.5, 0.6) is 0 Å². The van der Waals surface area contributed by atoms with E-state index < -0.39 is 0 Å². The van der Waals surface area contributed by atoms with Gasteiger partial charge in [0.1, 0.15) is 12.2 Å². The first-order valence-corrected chi connectivity index (χ1v) is 10.6. The lowest BCUT2D eigenvalue weighted by Crippen LogP contribution is -2.51. The summed E-state index contributed by atoms with van der Waals surface area (Å²) in [5.41, 5.74) is 0. The zero-order valence-electron chi connectivity index (χ0n) is 18.5. The summed E-state index contributed by atoms with van der Waals surface area (Å²) in [5.74, 6) is -0.339. The van der Waals surface area contributed by atoms with Crippen molar-refractivity contribution in [3.05, 3.63) is 0 Å². The molecule has 5 atom stereocenters. The summed E-state index contributed by atoms with van der Waals surface area (Å²) >= 11 is 0. The van der Waals surface area contributed by atoms with E-state index in [1.54, 1.807) is 19.0 Å². The van der Waals surface area contributed by atoms with Crippen molar-refractivity contribution in [2.24, 2.45) is 5.92 Å². The Morgan fingerprint density at radius 1 is 1.11 bits per heavy atom. The number of amidine groups is 1. The molecule has 1 aliphatic rings. The number of nitrogens with one attached hydrogen (secondary N) is 1. The molecule has 1 fully saturated rings. The summed E-state index contributed by atoms with van der Waals surface area (Å²) in [6.45, 7) is 8.94. The Morgan fingerprint density at radius 3 is 2.25 bits per heavy atom. The fraction of sp³-hybridized carbons (Fsp3) is 0.905. The number of unbranched alkanes of at least 4 members (excludes halogenated alkanes) is 2. The van der Waals surface area contributed by atoms with Gasteiger partial charge in [0.2, 0.25) is 0 Å². The third-order valence-corrected chi connectivity index (χ3v) is 5.10. The van der Waals surface area contributed by atoms with Crippen LogP contribution in [-0.4, -0.2) is 68.6 Å². The minimum absolute atomic E-state index is 0.0407. The smallest absolute Gasteiger partial charge is 0.302 e. The molecule has 0 saturated heterocycles. The Bertz CT molecular complexity index is 472. The fourth-order valence-corrected chi connectivity index (χ4v) is 3.51. The number of hydrogen-bond acceptors (Lipinski definition) is 6. The van der Waals surface area contributed by atoms with Gasteiger partial charge in [0.25, 0.3) is 6.02 Å². The van der Waals surface area contributed by atoms with E-state index in [4.69, 9.17) is 24.4 Å². The van der Waals surface area contributed by atoms with Crippen molar-refractivity contribution >= 4 is 12.0 Å². The molecule has 0 radical (unpaired) electrons. The maximum absolute atomic E-state index is 11.5. The quantitative estimate of drug-likeness (QED) is 0.247. The van der Waals surface area contributed by atoms with Crippen LogP contribution in [0.4, 0.5) is 0 Å². The topological polar surface area (TPSA) is 81.1 Å². The fourth-order valence-electron chi connectivity index (χ4n) is 3.51. The largest absolute Gasteiger partial charge is 0.462 e. The van der Waals surface area contributed by atoms with Crippen molar-refractivity contribution in [1.29, 1.82) is 5.41 Å². The van der Waals surface area contributed by atoms with Gasteiger partial charge in [-0.05, 0) is 26.2 Å². The average molecular weight is 401 g/mol. The first-order chi connectivity index (χ1) is 13.3. The van der Waals surface area contributed by atoms with Gasteiger partial charge in [-0.25, -0.2) is 0 Å². The Labute approximate surface area is 170 Å². The predicted molar refractivity (Wildman–Crippen MR) is 110 cm³/mol. The summed E-state index contributed by atoms with van der Waals surface area (Å²) < 4.78 is 23.8. The number of carbonyl (C=O) groups excluding carboxylic acids is 1. The molecule has 7 nitrogen and oxygen atoms in total. The number of ether oxygens (including phenoxy) is 4. The second kappa shape index (κ2) is 13.0. The maximum Gasteiger partial charge on any atom is 0.302 e. The molecule has 0 aliphatic heterocycles. The summed E-state index contributed by atoms with van der Waals surface area (Å²) in [5, 5.41) is 8.03. The van der Waals surface area contributed by atoms with E-state index in [1.807, 2.05) is 6.92 Å². The van der Waals surface area contributed by atoms with Gasteiger partial charge in [-0.3, -0.25) is 10.2 Å². The number of carbonyl (C=O) groups is 1. The normalized spacial score (nSPS) is 25.8. The monoisotopic (exact) mass is 400 g/mol. The molecule has 0 spiro atoms. The van der Waals surface area contributed by atoms with E-state index in [9.17, 15) is 4.79 Å². The summed E-state index contributed by atoms with van der Waals surface area (Å²) in [4.78, 5) is 13.2. The molecule has 2 unspecified atom stereocenters. The third kappa shape index (κ3) is 8.35. The molecular weight excluding hydrogens is 360 g/mol. The summed E-state index contributed by atoms with van der Waals surface area (Å²) in [6, 6.07) is 0.126. The van der Waals surface area contributed by atoms with Crippen molar-refractivity contribution in [3.63, 3.8) is 0 Å². The van der Waals surface area contributed by atoms with E-state index in [0.29, 0.717) is 26.1 Å². The molecule has 0 amide bonds. The van der Waals surface area contributed by atoms with Crippen molar-refractivity contribution in [1.82, 2.24) is 4.90 Å². The highest BCUT2D eigenvalue weighted by Crippen LogP contribution is 2.35. The zero-order valence-corrected chi connectivity index (χ0v) is 18.5. The van der Waals surface area contributed by atoms with Crippen molar-refractivity contribution in [2.45, 2.75) is 90.6 Å². The van der Waals surface area contributed by atoms with Crippen LogP contribution < -0.4 is 0 Å². The highest BCUT2D eigenvalue weighted by atomic mass is 16.6. The van der Waals surface area contributed by atoms with Crippen LogP contribution in [0.25, 0.3) is 0 Å². The van der Waals surface area contributed by atoms with Gasteiger partial charge in [-0.2, -0.15) is 0 Å². The Kier molecular flexibility index (Phi) is 11.5. The molecule has 1 saturated carbocycles. The number of rotatable bonds is 11. The van der Waals surface area contributed by atoms with Gasteiger partial charge >= 0.3 is 5.97 Å². The van der Waals surface area contributed by atoms with Gasteiger partial charge in [-0.15, -0.1) is 0 Å². The Balaban J connectivity index is 2.97. The van der Waals surface area contributed by atoms with Crippen LogP contribution in [0.3, 0.4) is 0 Å². The second-order valence-electron chi connectivity index (χ2n) is 7.84. The van der Waals surface area contributed by atoms with Crippen LogP contribution in [0.15, 0.2) is 0 Å². The van der Waals surface area contributed by atoms with E-state index in [2.05, 4.69) is 13.8 Å². The molecule has 7 heteroatoms.